The van der Waals surface area contributed by atoms with E-state index in [1.807, 2.05) is 78.9 Å². The first-order chi connectivity index (χ1) is 16.7. The van der Waals surface area contributed by atoms with Crippen molar-refractivity contribution in [2.24, 2.45) is 0 Å². The van der Waals surface area contributed by atoms with Crippen LogP contribution in [0.15, 0.2) is 103 Å². The van der Waals surface area contributed by atoms with Gasteiger partial charge in [0.1, 0.15) is 11.9 Å². The predicted molar refractivity (Wildman–Crippen MR) is 133 cm³/mol. The van der Waals surface area contributed by atoms with Crippen molar-refractivity contribution < 1.29 is 9.90 Å². The number of phenolic OH excluding ortho intramolecular Hbond substituents is 1. The smallest absolute Gasteiger partial charge is 0.252 e. The van der Waals surface area contributed by atoms with Crippen LogP contribution in [0.3, 0.4) is 0 Å². The molecular formula is C29H27N3O2. The lowest BCUT2D eigenvalue weighted by Crippen LogP contribution is -2.41. The van der Waals surface area contributed by atoms with Gasteiger partial charge < -0.3 is 10.4 Å². The lowest BCUT2D eigenvalue weighted by Gasteiger charge is -2.34. The Kier molecular flexibility index (Phi) is 6.36. The molecule has 2 heterocycles. The minimum Gasteiger partial charge on any atom is -0.508 e. The molecule has 170 valence electrons. The highest BCUT2D eigenvalue weighted by Gasteiger charge is 2.35. The fraction of sp³-hybridized carbons (Fsp3) is 0.172. The highest BCUT2D eigenvalue weighted by Crippen LogP contribution is 2.40. The highest BCUT2D eigenvalue weighted by molar-refractivity contribution is 5.94. The lowest BCUT2D eigenvalue weighted by molar-refractivity contribution is 0.0820. The summed E-state index contributed by atoms with van der Waals surface area (Å²) in [5.41, 5.74) is 4.27. The number of nitrogens with one attached hydrogen (secondary N) is 1. The Morgan fingerprint density at radius 3 is 2.38 bits per heavy atom. The van der Waals surface area contributed by atoms with Gasteiger partial charge in [-0.1, -0.05) is 60.7 Å². The van der Waals surface area contributed by atoms with Crippen LogP contribution in [0.5, 0.6) is 5.75 Å². The van der Waals surface area contributed by atoms with Crippen molar-refractivity contribution in [1.82, 2.24) is 15.2 Å². The van der Waals surface area contributed by atoms with Gasteiger partial charge in [-0.15, -0.1) is 0 Å². The molecule has 0 spiro atoms. The molecule has 5 heteroatoms. The molecule has 2 N–H and O–H groups in total. The van der Waals surface area contributed by atoms with E-state index in [1.54, 1.807) is 24.4 Å². The molecule has 2 atom stereocenters. The average Bonchev–Trinajstić information content (AvgIpc) is 3.39. The van der Waals surface area contributed by atoms with E-state index >= 15 is 0 Å². The Bertz CT molecular complexity index is 1250. The summed E-state index contributed by atoms with van der Waals surface area (Å²) in [4.78, 5) is 20.1. The van der Waals surface area contributed by atoms with Gasteiger partial charge in [-0.25, -0.2) is 0 Å². The number of rotatable bonds is 6. The molecule has 0 radical (unpaired) electrons. The van der Waals surface area contributed by atoms with Crippen molar-refractivity contribution in [3.8, 4) is 16.9 Å². The van der Waals surface area contributed by atoms with E-state index in [2.05, 4.69) is 15.2 Å². The van der Waals surface area contributed by atoms with Gasteiger partial charge in [-0.2, -0.15) is 0 Å². The van der Waals surface area contributed by atoms with E-state index in [4.69, 9.17) is 0 Å². The van der Waals surface area contributed by atoms with Crippen molar-refractivity contribution in [1.29, 1.82) is 0 Å². The van der Waals surface area contributed by atoms with Crippen LogP contribution in [-0.4, -0.2) is 27.4 Å². The zero-order chi connectivity index (χ0) is 23.3. The summed E-state index contributed by atoms with van der Waals surface area (Å²) in [6.45, 7) is 0.788. The molecule has 0 bridgehead atoms. The molecule has 34 heavy (non-hydrogen) atoms. The minimum absolute atomic E-state index is 0.0436. The predicted octanol–water partition coefficient (Wildman–Crippen LogP) is 5.72. The minimum atomic E-state index is -0.508. The van der Waals surface area contributed by atoms with Crippen molar-refractivity contribution in [3.05, 3.63) is 120 Å². The maximum atomic E-state index is 13.3. The van der Waals surface area contributed by atoms with Gasteiger partial charge in [-0.05, 0) is 60.4 Å². The summed E-state index contributed by atoms with van der Waals surface area (Å²) in [7, 11) is 0. The number of aromatic nitrogens is 1. The molecule has 5 nitrogen and oxygen atoms in total. The third-order valence-electron chi connectivity index (χ3n) is 6.39. The summed E-state index contributed by atoms with van der Waals surface area (Å²) in [6, 6.07) is 30.8. The van der Waals surface area contributed by atoms with Crippen LogP contribution in [-0.2, 0) is 0 Å². The second-order valence-corrected chi connectivity index (χ2v) is 8.53. The largest absolute Gasteiger partial charge is 0.508 e. The molecule has 3 aromatic carbocycles. The fourth-order valence-electron chi connectivity index (χ4n) is 4.71. The number of phenols is 1. The Hall–Kier alpha value is -3.96. The molecule has 0 saturated carbocycles. The fourth-order valence-corrected chi connectivity index (χ4v) is 4.71. The second-order valence-electron chi connectivity index (χ2n) is 8.53. The number of pyridine rings is 1. The number of hydrogen-bond acceptors (Lipinski definition) is 4. The third kappa shape index (κ3) is 4.56. The van der Waals surface area contributed by atoms with Crippen LogP contribution in [0.2, 0.25) is 0 Å². The van der Waals surface area contributed by atoms with Gasteiger partial charge in [0.25, 0.3) is 5.91 Å². The van der Waals surface area contributed by atoms with Crippen LogP contribution >= 0.6 is 0 Å². The molecule has 1 fully saturated rings. The van der Waals surface area contributed by atoms with Gasteiger partial charge in [0.15, 0.2) is 0 Å². The molecule has 1 aliphatic heterocycles. The molecule has 1 amide bonds. The molecule has 4 aromatic rings. The highest BCUT2D eigenvalue weighted by atomic mass is 16.3. The van der Waals surface area contributed by atoms with E-state index in [1.165, 1.54) is 0 Å². The number of carbonyl (C=O) groups excluding carboxylic acids is 1. The van der Waals surface area contributed by atoms with Gasteiger partial charge in [0.2, 0.25) is 0 Å². The summed E-state index contributed by atoms with van der Waals surface area (Å²) in [5, 5.41) is 14.2. The Balaban J connectivity index is 1.56. The third-order valence-corrected chi connectivity index (χ3v) is 6.39. The zero-order valence-corrected chi connectivity index (χ0v) is 18.8. The number of carbonyl (C=O) groups is 1. The molecule has 1 saturated heterocycles. The van der Waals surface area contributed by atoms with E-state index in [0.29, 0.717) is 11.1 Å². The number of benzene rings is 3. The standard InChI is InChI=1S/C29H27N3O2/c33-27-17-16-23(21-10-3-1-4-11-21)20-24(27)28(31-29(34)22-12-5-2-6-13-22)32-19-9-15-26(32)25-14-7-8-18-30-25/h1-8,10-14,16-18,20,26,28,33H,9,15,19H2,(H,31,34). The van der Waals surface area contributed by atoms with Crippen LogP contribution in [0, 0.1) is 0 Å². The molecule has 1 aromatic heterocycles. The molecule has 2 unspecified atom stereocenters. The zero-order valence-electron chi connectivity index (χ0n) is 18.8. The number of nitrogens with zero attached hydrogens (tertiary/aromatic N) is 2. The lowest BCUT2D eigenvalue weighted by atomic mass is 9.99. The molecule has 0 aliphatic carbocycles. The normalized spacial score (nSPS) is 16.8. The topological polar surface area (TPSA) is 65.5 Å². The van der Waals surface area contributed by atoms with Gasteiger partial charge >= 0.3 is 0 Å². The first kappa shape index (κ1) is 21.9. The first-order valence-corrected chi connectivity index (χ1v) is 11.6. The van der Waals surface area contributed by atoms with Crippen molar-refractivity contribution in [2.75, 3.05) is 6.54 Å². The quantitative estimate of drug-likeness (QED) is 0.395. The summed E-state index contributed by atoms with van der Waals surface area (Å²) < 4.78 is 0. The molecule has 5 rings (SSSR count). The number of likely N-dealkylation sites (tertiary alicyclic amines) is 1. The Labute approximate surface area is 199 Å². The van der Waals surface area contributed by atoms with Crippen LogP contribution in [0.25, 0.3) is 11.1 Å². The summed E-state index contributed by atoms with van der Waals surface area (Å²) in [5.74, 6) is -0.0218. The Morgan fingerprint density at radius 2 is 1.65 bits per heavy atom. The summed E-state index contributed by atoms with van der Waals surface area (Å²) in [6.07, 6.45) is 3.22. The van der Waals surface area contributed by atoms with E-state index in [-0.39, 0.29) is 17.7 Å². The van der Waals surface area contributed by atoms with E-state index in [0.717, 1.165) is 36.2 Å². The second kappa shape index (κ2) is 9.89. The molecule has 1 aliphatic rings. The van der Waals surface area contributed by atoms with E-state index in [9.17, 15) is 9.90 Å². The maximum Gasteiger partial charge on any atom is 0.252 e. The number of amides is 1. The summed E-state index contributed by atoms with van der Waals surface area (Å²) >= 11 is 0. The Morgan fingerprint density at radius 1 is 0.912 bits per heavy atom. The maximum absolute atomic E-state index is 13.3. The SMILES string of the molecule is O=C(NC(c1cc(-c2ccccc2)ccc1O)N1CCCC1c1ccccn1)c1ccccc1. The number of aromatic hydroxyl groups is 1. The van der Waals surface area contributed by atoms with E-state index < -0.39 is 6.17 Å². The van der Waals surface area contributed by atoms with Gasteiger partial charge in [-0.3, -0.25) is 14.7 Å². The van der Waals surface area contributed by atoms with Crippen molar-refractivity contribution in [3.63, 3.8) is 0 Å². The monoisotopic (exact) mass is 449 g/mol. The van der Waals surface area contributed by atoms with Crippen LogP contribution in [0.1, 0.15) is 46.7 Å². The molecular weight excluding hydrogens is 422 g/mol. The number of hydrogen-bond donors (Lipinski definition) is 2. The van der Waals surface area contributed by atoms with Crippen LogP contribution in [0.4, 0.5) is 0 Å². The first-order valence-electron chi connectivity index (χ1n) is 11.6. The van der Waals surface area contributed by atoms with Gasteiger partial charge in [0, 0.05) is 23.9 Å². The average molecular weight is 450 g/mol. The van der Waals surface area contributed by atoms with Crippen LogP contribution < -0.4 is 5.32 Å². The van der Waals surface area contributed by atoms with Crippen molar-refractivity contribution >= 4 is 5.91 Å². The van der Waals surface area contributed by atoms with Crippen molar-refractivity contribution in [2.45, 2.75) is 25.0 Å². The van der Waals surface area contributed by atoms with Gasteiger partial charge in [0.05, 0.1) is 11.7 Å².